The summed E-state index contributed by atoms with van der Waals surface area (Å²) < 4.78 is 41.8. The van der Waals surface area contributed by atoms with Crippen LogP contribution in [0.1, 0.15) is 30.1 Å². The number of pyridine rings is 1. The van der Waals surface area contributed by atoms with E-state index in [-0.39, 0.29) is 23.9 Å². The van der Waals surface area contributed by atoms with Crippen molar-refractivity contribution >= 4 is 11.8 Å². The number of aromatic nitrogens is 1. The van der Waals surface area contributed by atoms with Crippen LogP contribution in [-0.4, -0.2) is 78.6 Å². The third-order valence-corrected chi connectivity index (χ3v) is 4.25. The van der Waals surface area contributed by atoms with Crippen LogP contribution < -0.4 is 10.1 Å². The highest BCUT2D eigenvalue weighted by atomic mass is 19.4. The highest BCUT2D eigenvalue weighted by molar-refractivity contribution is 5.96. The van der Waals surface area contributed by atoms with E-state index < -0.39 is 18.7 Å². The fourth-order valence-electron chi connectivity index (χ4n) is 2.76. The molecular weight excluding hydrogens is 377 g/mol. The molecule has 0 saturated carbocycles. The van der Waals surface area contributed by atoms with Gasteiger partial charge in [0.15, 0.2) is 6.61 Å². The number of hydrogen-bond acceptors (Lipinski definition) is 5. The van der Waals surface area contributed by atoms with Gasteiger partial charge in [0.05, 0.1) is 6.54 Å². The van der Waals surface area contributed by atoms with Crippen LogP contribution in [0.3, 0.4) is 0 Å². The number of nitrogens with one attached hydrogen (secondary N) is 1. The van der Waals surface area contributed by atoms with Crippen molar-refractivity contribution in [3.8, 4) is 5.88 Å². The zero-order valence-electron chi connectivity index (χ0n) is 15.8. The lowest BCUT2D eigenvalue weighted by atomic mass is 10.2. The summed E-state index contributed by atoms with van der Waals surface area (Å²) in [5.41, 5.74) is -0.00231. The van der Waals surface area contributed by atoms with Gasteiger partial charge in [-0.1, -0.05) is 13.3 Å². The number of unbranched alkanes of at least 4 members (excludes halogenated alkanes) is 1. The van der Waals surface area contributed by atoms with E-state index in [4.69, 9.17) is 0 Å². The van der Waals surface area contributed by atoms with Gasteiger partial charge >= 0.3 is 6.18 Å². The molecule has 1 aromatic rings. The maximum atomic E-state index is 12.7. The van der Waals surface area contributed by atoms with E-state index in [2.05, 4.69) is 15.0 Å². The number of amides is 2. The number of ether oxygens (including phenoxy) is 1. The molecule has 1 N–H and O–H groups in total. The molecular formula is C18H25F3N4O3. The van der Waals surface area contributed by atoms with Gasteiger partial charge in [0.2, 0.25) is 11.8 Å². The SMILES string of the molecule is CCCCNC(=O)CN1CCN(C(=O)c2cccnc2OCC(F)(F)F)CC1. The summed E-state index contributed by atoms with van der Waals surface area (Å²) in [7, 11) is 0. The molecule has 0 radical (unpaired) electrons. The molecule has 156 valence electrons. The summed E-state index contributed by atoms with van der Waals surface area (Å²) in [5.74, 6) is -0.816. The molecule has 2 amide bonds. The standard InChI is InChI=1S/C18H25F3N4O3/c1-2-3-6-22-15(26)12-24-8-10-25(11-9-24)17(27)14-5-4-7-23-16(14)28-13-18(19,20)21/h4-5,7H,2-3,6,8-13H2,1H3,(H,22,26). The smallest absolute Gasteiger partial charge is 0.422 e. The van der Waals surface area contributed by atoms with E-state index in [1.54, 1.807) is 0 Å². The average Bonchev–Trinajstić information content (AvgIpc) is 2.66. The van der Waals surface area contributed by atoms with Gasteiger partial charge < -0.3 is 15.0 Å². The normalized spacial score (nSPS) is 15.4. The van der Waals surface area contributed by atoms with E-state index in [1.807, 2.05) is 11.8 Å². The first kappa shape index (κ1) is 21.9. The van der Waals surface area contributed by atoms with Gasteiger partial charge in [-0.25, -0.2) is 4.98 Å². The van der Waals surface area contributed by atoms with Crippen molar-refractivity contribution in [3.05, 3.63) is 23.9 Å². The van der Waals surface area contributed by atoms with Crippen molar-refractivity contribution in [2.45, 2.75) is 25.9 Å². The second-order valence-electron chi connectivity index (χ2n) is 6.53. The molecule has 7 nitrogen and oxygen atoms in total. The summed E-state index contributed by atoms with van der Waals surface area (Å²) in [6, 6.07) is 2.87. The molecule has 1 aliphatic rings. The molecule has 0 spiro atoms. The molecule has 0 bridgehead atoms. The predicted molar refractivity (Wildman–Crippen MR) is 96.0 cm³/mol. The Balaban J connectivity index is 1.87. The third-order valence-electron chi connectivity index (χ3n) is 4.25. The lowest BCUT2D eigenvalue weighted by Gasteiger charge is -2.34. The molecule has 10 heteroatoms. The lowest BCUT2D eigenvalue weighted by molar-refractivity contribution is -0.154. The fourth-order valence-corrected chi connectivity index (χ4v) is 2.76. The van der Waals surface area contributed by atoms with E-state index in [0.29, 0.717) is 32.7 Å². The maximum Gasteiger partial charge on any atom is 0.422 e. The van der Waals surface area contributed by atoms with Gasteiger partial charge in [0.25, 0.3) is 5.91 Å². The number of rotatable bonds is 8. The molecule has 0 aromatic carbocycles. The van der Waals surface area contributed by atoms with Gasteiger partial charge in [-0.2, -0.15) is 13.2 Å². The Morgan fingerprint density at radius 1 is 1.25 bits per heavy atom. The van der Waals surface area contributed by atoms with Crippen LogP contribution in [0.5, 0.6) is 5.88 Å². The van der Waals surface area contributed by atoms with Gasteiger partial charge in [-0.15, -0.1) is 0 Å². The van der Waals surface area contributed by atoms with Crippen LogP contribution in [0.4, 0.5) is 13.2 Å². The van der Waals surface area contributed by atoms with Crippen molar-refractivity contribution in [1.82, 2.24) is 20.1 Å². The Hall–Kier alpha value is -2.36. The second kappa shape index (κ2) is 10.3. The number of hydrogen-bond donors (Lipinski definition) is 1. The van der Waals surface area contributed by atoms with Crippen LogP contribution in [0, 0.1) is 0 Å². The van der Waals surface area contributed by atoms with E-state index >= 15 is 0 Å². The van der Waals surface area contributed by atoms with Crippen molar-refractivity contribution in [3.63, 3.8) is 0 Å². The first-order chi connectivity index (χ1) is 13.3. The number of carbonyl (C=O) groups excluding carboxylic acids is 2. The molecule has 28 heavy (non-hydrogen) atoms. The minimum absolute atomic E-state index is 0.00231. The molecule has 0 atom stereocenters. The van der Waals surface area contributed by atoms with Gasteiger partial charge in [-0.3, -0.25) is 14.5 Å². The quantitative estimate of drug-likeness (QED) is 0.670. The van der Waals surface area contributed by atoms with Crippen molar-refractivity contribution < 1.29 is 27.5 Å². The lowest BCUT2D eigenvalue weighted by Crippen LogP contribution is -2.51. The Morgan fingerprint density at radius 2 is 1.96 bits per heavy atom. The van der Waals surface area contributed by atoms with Crippen LogP contribution >= 0.6 is 0 Å². The van der Waals surface area contributed by atoms with Gasteiger partial charge in [0.1, 0.15) is 5.56 Å². The summed E-state index contributed by atoms with van der Waals surface area (Å²) in [6.45, 7) is 3.20. The fraction of sp³-hybridized carbons (Fsp3) is 0.611. The monoisotopic (exact) mass is 402 g/mol. The summed E-state index contributed by atoms with van der Waals surface area (Å²) in [4.78, 5) is 31.8. The number of carbonyl (C=O) groups is 2. The Bertz CT molecular complexity index is 662. The molecule has 2 rings (SSSR count). The third kappa shape index (κ3) is 6.99. The predicted octanol–water partition coefficient (Wildman–Crippen LogP) is 1.70. The number of alkyl halides is 3. The van der Waals surface area contributed by atoms with Crippen molar-refractivity contribution in [2.24, 2.45) is 0 Å². The largest absolute Gasteiger partial charge is 0.467 e. The Labute approximate surface area is 161 Å². The van der Waals surface area contributed by atoms with Crippen LogP contribution in [0.2, 0.25) is 0 Å². The molecule has 1 aromatic heterocycles. The van der Waals surface area contributed by atoms with E-state index in [1.165, 1.54) is 23.2 Å². The number of halogens is 3. The summed E-state index contributed by atoms with van der Waals surface area (Å²) in [5, 5.41) is 2.85. The zero-order valence-corrected chi connectivity index (χ0v) is 15.8. The molecule has 1 saturated heterocycles. The van der Waals surface area contributed by atoms with Crippen LogP contribution in [0.15, 0.2) is 18.3 Å². The molecule has 1 fully saturated rings. The molecule has 2 heterocycles. The summed E-state index contributed by atoms with van der Waals surface area (Å²) >= 11 is 0. The number of nitrogens with zero attached hydrogens (tertiary/aromatic N) is 3. The second-order valence-corrected chi connectivity index (χ2v) is 6.53. The maximum absolute atomic E-state index is 12.7. The molecule has 0 unspecified atom stereocenters. The first-order valence-corrected chi connectivity index (χ1v) is 9.23. The van der Waals surface area contributed by atoms with Gasteiger partial charge in [0, 0.05) is 38.9 Å². The number of piperazine rings is 1. The van der Waals surface area contributed by atoms with E-state index in [9.17, 15) is 22.8 Å². The van der Waals surface area contributed by atoms with Gasteiger partial charge in [-0.05, 0) is 18.6 Å². The average molecular weight is 402 g/mol. The topological polar surface area (TPSA) is 74.8 Å². The highest BCUT2D eigenvalue weighted by Gasteiger charge is 2.31. The zero-order chi connectivity index (χ0) is 20.6. The minimum atomic E-state index is -4.51. The minimum Gasteiger partial charge on any atom is -0.467 e. The highest BCUT2D eigenvalue weighted by Crippen LogP contribution is 2.21. The molecule has 1 aliphatic heterocycles. The van der Waals surface area contributed by atoms with Crippen LogP contribution in [-0.2, 0) is 4.79 Å². The Morgan fingerprint density at radius 3 is 2.61 bits per heavy atom. The van der Waals surface area contributed by atoms with Crippen LogP contribution in [0.25, 0.3) is 0 Å². The summed E-state index contributed by atoms with van der Waals surface area (Å²) in [6.07, 6.45) is -1.30. The van der Waals surface area contributed by atoms with Crippen molar-refractivity contribution in [1.29, 1.82) is 0 Å². The van der Waals surface area contributed by atoms with Crippen molar-refractivity contribution in [2.75, 3.05) is 45.9 Å². The van der Waals surface area contributed by atoms with E-state index in [0.717, 1.165) is 12.8 Å². The Kier molecular flexibility index (Phi) is 8.04. The first-order valence-electron chi connectivity index (χ1n) is 9.23. The molecule has 0 aliphatic carbocycles.